The zero-order chi connectivity index (χ0) is 11.3. The van der Waals surface area contributed by atoms with Crippen LogP contribution in [0.25, 0.3) is 0 Å². The Morgan fingerprint density at radius 1 is 1.33 bits per heavy atom. The Morgan fingerprint density at radius 2 is 1.93 bits per heavy atom. The molecule has 0 N–H and O–H groups in total. The molecule has 0 radical (unpaired) electrons. The van der Waals surface area contributed by atoms with Crippen molar-refractivity contribution in [1.29, 1.82) is 0 Å². The predicted molar refractivity (Wildman–Crippen MR) is 67.3 cm³/mol. The molecule has 2 nitrogen and oxygen atoms in total. The molecule has 15 heavy (non-hydrogen) atoms. The topological polar surface area (TPSA) is 15.6 Å². The average Bonchev–Trinajstić information content (AvgIpc) is 2.29. The molecule has 0 heterocycles. The van der Waals surface area contributed by atoms with Crippen molar-refractivity contribution >= 4 is 11.4 Å². The van der Waals surface area contributed by atoms with Gasteiger partial charge in [-0.05, 0) is 24.6 Å². The maximum Gasteiger partial charge on any atom is 0.0644 e. The molecule has 1 rings (SSSR count). The largest absolute Gasteiger partial charge is 0.268 e. The van der Waals surface area contributed by atoms with Crippen molar-refractivity contribution < 1.29 is 0 Å². The van der Waals surface area contributed by atoms with E-state index in [0.29, 0.717) is 0 Å². The summed E-state index contributed by atoms with van der Waals surface area (Å²) in [5.41, 5.74) is 2.77. The molecule has 0 spiro atoms. The lowest BCUT2D eigenvalue weighted by atomic mass is 10.2. The molecule has 2 heteroatoms. The SMILES string of the molecule is C=CC(=C)/C(C)=N\N(C)c1ccccc1. The molecule has 0 aliphatic rings. The summed E-state index contributed by atoms with van der Waals surface area (Å²) in [6, 6.07) is 9.97. The van der Waals surface area contributed by atoms with Gasteiger partial charge in [-0.2, -0.15) is 5.10 Å². The van der Waals surface area contributed by atoms with Crippen molar-refractivity contribution in [3.63, 3.8) is 0 Å². The molecule has 0 aromatic heterocycles. The summed E-state index contributed by atoms with van der Waals surface area (Å²) in [5.74, 6) is 0. The quantitative estimate of drug-likeness (QED) is 0.414. The Balaban J connectivity index is 2.83. The Bertz CT molecular complexity index is 377. The summed E-state index contributed by atoms with van der Waals surface area (Å²) in [6.07, 6.45) is 1.71. The van der Waals surface area contributed by atoms with Crippen LogP contribution >= 0.6 is 0 Å². The Labute approximate surface area is 91.2 Å². The third-order valence-corrected chi connectivity index (χ3v) is 2.14. The molecule has 0 aliphatic heterocycles. The number of hydrazone groups is 1. The van der Waals surface area contributed by atoms with Crippen molar-refractivity contribution in [2.45, 2.75) is 6.92 Å². The van der Waals surface area contributed by atoms with Crippen LogP contribution in [0.3, 0.4) is 0 Å². The minimum atomic E-state index is 0.845. The molecule has 0 aliphatic carbocycles. The van der Waals surface area contributed by atoms with E-state index in [0.717, 1.165) is 17.0 Å². The van der Waals surface area contributed by atoms with E-state index in [9.17, 15) is 0 Å². The van der Waals surface area contributed by atoms with Gasteiger partial charge in [0, 0.05) is 7.05 Å². The van der Waals surface area contributed by atoms with Crippen LogP contribution in [0.2, 0.25) is 0 Å². The normalized spacial score (nSPS) is 10.9. The number of benzene rings is 1. The van der Waals surface area contributed by atoms with E-state index < -0.39 is 0 Å². The number of rotatable bonds is 4. The van der Waals surface area contributed by atoms with E-state index in [1.807, 2.05) is 49.3 Å². The second kappa shape index (κ2) is 5.15. The van der Waals surface area contributed by atoms with Crippen molar-refractivity contribution in [3.8, 4) is 0 Å². The molecule has 1 aromatic rings. The number of hydrogen-bond donors (Lipinski definition) is 0. The second-order valence-corrected chi connectivity index (χ2v) is 3.27. The van der Waals surface area contributed by atoms with Gasteiger partial charge in [-0.1, -0.05) is 37.4 Å². The molecule has 0 fully saturated rings. The van der Waals surface area contributed by atoms with Gasteiger partial charge in [-0.15, -0.1) is 0 Å². The van der Waals surface area contributed by atoms with Crippen molar-refractivity contribution in [3.05, 3.63) is 55.1 Å². The lowest BCUT2D eigenvalue weighted by Gasteiger charge is -2.14. The first-order valence-corrected chi connectivity index (χ1v) is 4.81. The van der Waals surface area contributed by atoms with Gasteiger partial charge < -0.3 is 0 Å². The lowest BCUT2D eigenvalue weighted by Crippen LogP contribution is -2.11. The molecule has 0 saturated heterocycles. The predicted octanol–water partition coefficient (Wildman–Crippen LogP) is 3.24. The second-order valence-electron chi connectivity index (χ2n) is 3.27. The number of allylic oxidation sites excluding steroid dienone is 2. The monoisotopic (exact) mass is 200 g/mol. The summed E-state index contributed by atoms with van der Waals surface area (Å²) in [4.78, 5) is 0. The summed E-state index contributed by atoms with van der Waals surface area (Å²) < 4.78 is 0. The third kappa shape index (κ3) is 3.09. The van der Waals surface area contributed by atoms with E-state index in [1.165, 1.54) is 0 Å². The van der Waals surface area contributed by atoms with Crippen LogP contribution in [0.4, 0.5) is 5.69 Å². The number of hydrogen-bond acceptors (Lipinski definition) is 2. The molecule has 0 atom stereocenters. The molecular formula is C13H16N2. The first-order valence-electron chi connectivity index (χ1n) is 4.81. The highest BCUT2D eigenvalue weighted by atomic mass is 15.4. The van der Waals surface area contributed by atoms with Gasteiger partial charge in [0.1, 0.15) is 0 Å². The van der Waals surface area contributed by atoms with Crippen molar-refractivity contribution in [2.24, 2.45) is 5.10 Å². The Hall–Kier alpha value is -1.83. The summed E-state index contributed by atoms with van der Waals surface area (Å²) >= 11 is 0. The van der Waals surface area contributed by atoms with E-state index in [-0.39, 0.29) is 0 Å². The zero-order valence-electron chi connectivity index (χ0n) is 9.27. The van der Waals surface area contributed by atoms with Gasteiger partial charge >= 0.3 is 0 Å². The first kappa shape index (κ1) is 11.2. The van der Waals surface area contributed by atoms with Gasteiger partial charge in [0.25, 0.3) is 0 Å². The Kier molecular flexibility index (Phi) is 3.86. The molecule has 0 unspecified atom stereocenters. The summed E-state index contributed by atoms with van der Waals surface area (Å²) in [6.45, 7) is 9.43. The van der Waals surface area contributed by atoms with Gasteiger partial charge in [-0.25, -0.2) is 0 Å². The summed E-state index contributed by atoms with van der Waals surface area (Å²) in [5, 5.41) is 6.22. The van der Waals surface area contributed by atoms with E-state index in [4.69, 9.17) is 0 Å². The van der Waals surface area contributed by atoms with E-state index >= 15 is 0 Å². The maximum atomic E-state index is 4.40. The van der Waals surface area contributed by atoms with Crippen LogP contribution in [0.15, 0.2) is 60.2 Å². The molecular weight excluding hydrogens is 184 g/mol. The van der Waals surface area contributed by atoms with Gasteiger partial charge in [-0.3, -0.25) is 5.01 Å². The van der Waals surface area contributed by atoms with Crippen LogP contribution < -0.4 is 5.01 Å². The highest BCUT2D eigenvalue weighted by Crippen LogP contribution is 2.12. The zero-order valence-corrected chi connectivity index (χ0v) is 9.27. The number of anilines is 1. The van der Waals surface area contributed by atoms with Crippen LogP contribution in [0, 0.1) is 0 Å². The molecule has 78 valence electrons. The fraction of sp³-hybridized carbons (Fsp3) is 0.154. The molecule has 0 bridgehead atoms. The number of para-hydroxylation sites is 1. The Morgan fingerprint density at radius 3 is 2.47 bits per heavy atom. The third-order valence-electron chi connectivity index (χ3n) is 2.14. The van der Waals surface area contributed by atoms with Gasteiger partial charge in [0.15, 0.2) is 0 Å². The lowest BCUT2D eigenvalue weighted by molar-refractivity contribution is 1.01. The minimum absolute atomic E-state index is 0.845. The van der Waals surface area contributed by atoms with Gasteiger partial charge in [0.05, 0.1) is 11.4 Å². The summed E-state index contributed by atoms with van der Waals surface area (Å²) in [7, 11) is 1.91. The van der Waals surface area contributed by atoms with Crippen molar-refractivity contribution in [1.82, 2.24) is 0 Å². The van der Waals surface area contributed by atoms with Crippen LogP contribution in [-0.4, -0.2) is 12.8 Å². The average molecular weight is 200 g/mol. The van der Waals surface area contributed by atoms with E-state index in [1.54, 1.807) is 6.08 Å². The van der Waals surface area contributed by atoms with Crippen molar-refractivity contribution in [2.75, 3.05) is 12.1 Å². The standard InChI is InChI=1S/C13H16N2/c1-5-11(2)12(3)14-15(4)13-9-7-6-8-10-13/h5-10H,1-2H2,3-4H3/b14-12-. The highest BCUT2D eigenvalue weighted by Gasteiger charge is 1.99. The number of nitrogens with zero attached hydrogens (tertiary/aromatic N) is 2. The van der Waals surface area contributed by atoms with Crippen LogP contribution in [0.5, 0.6) is 0 Å². The molecule has 0 amide bonds. The fourth-order valence-corrected chi connectivity index (χ4v) is 1.14. The van der Waals surface area contributed by atoms with Crippen LogP contribution in [0.1, 0.15) is 6.92 Å². The smallest absolute Gasteiger partial charge is 0.0644 e. The fourth-order valence-electron chi connectivity index (χ4n) is 1.14. The maximum absolute atomic E-state index is 4.40. The minimum Gasteiger partial charge on any atom is -0.268 e. The van der Waals surface area contributed by atoms with Crippen LogP contribution in [-0.2, 0) is 0 Å². The molecule has 1 aromatic carbocycles. The highest BCUT2D eigenvalue weighted by molar-refractivity contribution is 6.00. The first-order chi connectivity index (χ1) is 7.15. The van der Waals surface area contributed by atoms with E-state index in [2.05, 4.69) is 18.3 Å². The molecule has 0 saturated carbocycles. The van der Waals surface area contributed by atoms with Gasteiger partial charge in [0.2, 0.25) is 0 Å².